The fourth-order valence-corrected chi connectivity index (χ4v) is 6.44. The summed E-state index contributed by atoms with van der Waals surface area (Å²) in [6.07, 6.45) is 1.20. The van der Waals surface area contributed by atoms with E-state index in [2.05, 4.69) is 0 Å². The first-order valence-electron chi connectivity index (χ1n) is 10.1. The number of benzene rings is 2. The minimum absolute atomic E-state index is 0.0151. The van der Waals surface area contributed by atoms with Gasteiger partial charge in [-0.05, 0) is 56.5 Å². The van der Waals surface area contributed by atoms with E-state index in [-0.39, 0.29) is 12.2 Å². The Kier molecular flexibility index (Phi) is 5.24. The molecule has 2 aliphatic heterocycles. The third-order valence-corrected chi connectivity index (χ3v) is 8.95. The molecule has 1 fully saturated rings. The Bertz CT molecular complexity index is 1150. The van der Waals surface area contributed by atoms with Gasteiger partial charge in [-0.3, -0.25) is 4.79 Å². The van der Waals surface area contributed by atoms with Crippen LogP contribution in [0.2, 0.25) is 5.02 Å². The maximum absolute atomic E-state index is 13.2. The number of fused-ring (bicyclic) bond motifs is 1. The Morgan fingerprint density at radius 2 is 1.70 bits per heavy atom. The quantitative estimate of drug-likeness (QED) is 0.665. The second-order valence-corrected chi connectivity index (χ2v) is 10.8. The first kappa shape index (κ1) is 21.3. The van der Waals surface area contributed by atoms with E-state index in [4.69, 9.17) is 16.3 Å². The molecule has 2 aromatic carbocycles. The summed E-state index contributed by atoms with van der Waals surface area (Å²) in [6, 6.07) is 7.20. The Balaban J connectivity index is 1.58. The van der Waals surface area contributed by atoms with Crippen LogP contribution < -0.4 is 4.74 Å². The van der Waals surface area contributed by atoms with E-state index in [0.717, 1.165) is 22.3 Å². The molecule has 0 unspecified atom stereocenters. The van der Waals surface area contributed by atoms with Crippen molar-refractivity contribution in [3.05, 3.63) is 57.1 Å². The molecule has 2 heterocycles. The van der Waals surface area contributed by atoms with Crippen LogP contribution in [0.4, 0.5) is 0 Å². The molecule has 30 heavy (non-hydrogen) atoms. The van der Waals surface area contributed by atoms with Crippen molar-refractivity contribution in [1.82, 2.24) is 4.31 Å². The summed E-state index contributed by atoms with van der Waals surface area (Å²) in [5, 5.41) is 0.594. The van der Waals surface area contributed by atoms with Crippen LogP contribution >= 0.6 is 11.6 Å². The fourth-order valence-electron chi connectivity index (χ4n) is 4.64. The molecule has 1 spiro atoms. The molecule has 0 amide bonds. The van der Waals surface area contributed by atoms with Gasteiger partial charge in [0, 0.05) is 31.0 Å². The van der Waals surface area contributed by atoms with Crippen molar-refractivity contribution in [1.29, 1.82) is 0 Å². The lowest BCUT2D eigenvalue weighted by Gasteiger charge is -2.44. The average Bonchev–Trinajstić information content (AvgIpc) is 2.65. The first-order valence-corrected chi connectivity index (χ1v) is 12.0. The Morgan fingerprint density at radius 3 is 2.33 bits per heavy atom. The summed E-state index contributed by atoms with van der Waals surface area (Å²) in [6.45, 7) is 8.14. The van der Waals surface area contributed by atoms with Crippen LogP contribution in [0.25, 0.3) is 0 Å². The second kappa shape index (κ2) is 7.36. The molecule has 0 atom stereocenters. The highest BCUT2D eigenvalue weighted by molar-refractivity contribution is 7.89. The lowest BCUT2D eigenvalue weighted by molar-refractivity contribution is 0.00577. The summed E-state index contributed by atoms with van der Waals surface area (Å²) in [4.78, 5) is 13.3. The van der Waals surface area contributed by atoms with Crippen LogP contribution in [-0.4, -0.2) is 37.2 Å². The van der Waals surface area contributed by atoms with Gasteiger partial charge in [0.15, 0.2) is 5.78 Å². The molecule has 2 aliphatic rings. The lowest BCUT2D eigenvalue weighted by Crippen LogP contribution is -2.52. The van der Waals surface area contributed by atoms with E-state index >= 15 is 0 Å². The maximum atomic E-state index is 13.2. The Hall–Kier alpha value is -1.89. The zero-order valence-electron chi connectivity index (χ0n) is 17.7. The van der Waals surface area contributed by atoms with Crippen LogP contribution in [0, 0.1) is 27.7 Å². The molecule has 0 saturated carbocycles. The van der Waals surface area contributed by atoms with E-state index in [0.29, 0.717) is 47.2 Å². The predicted molar refractivity (Wildman–Crippen MR) is 117 cm³/mol. The van der Waals surface area contributed by atoms with Gasteiger partial charge in [-0.2, -0.15) is 4.31 Å². The van der Waals surface area contributed by atoms with Crippen molar-refractivity contribution in [3.63, 3.8) is 0 Å². The summed E-state index contributed by atoms with van der Waals surface area (Å²) in [5.74, 6) is 0.581. The third kappa shape index (κ3) is 3.45. The lowest BCUT2D eigenvalue weighted by atomic mass is 9.82. The highest BCUT2D eigenvalue weighted by Crippen LogP contribution is 2.43. The van der Waals surface area contributed by atoms with Crippen molar-refractivity contribution >= 4 is 27.4 Å². The zero-order chi connectivity index (χ0) is 21.8. The normalized spacial score (nSPS) is 18.9. The molecule has 0 N–H and O–H groups in total. The molecule has 2 aromatic rings. The minimum atomic E-state index is -3.58. The number of hydrogen-bond donors (Lipinski definition) is 0. The summed E-state index contributed by atoms with van der Waals surface area (Å²) in [5.41, 5.74) is 3.29. The zero-order valence-corrected chi connectivity index (χ0v) is 19.3. The maximum Gasteiger partial charge on any atom is 0.243 e. The number of ether oxygens (including phenoxy) is 1. The number of Topliss-reactive ketones (excluding diaryl/α,β-unsaturated/α-hetero) is 1. The molecule has 7 heteroatoms. The number of ketones is 1. The van der Waals surface area contributed by atoms with Gasteiger partial charge < -0.3 is 4.74 Å². The molecule has 0 bridgehead atoms. The monoisotopic (exact) mass is 447 g/mol. The number of carbonyl (C=O) groups is 1. The number of aryl methyl sites for hydroxylation is 3. The minimum Gasteiger partial charge on any atom is -0.486 e. The van der Waals surface area contributed by atoms with Gasteiger partial charge in [0.05, 0.1) is 16.9 Å². The predicted octanol–water partition coefficient (Wildman–Crippen LogP) is 4.76. The smallest absolute Gasteiger partial charge is 0.243 e. The van der Waals surface area contributed by atoms with E-state index in [1.165, 1.54) is 4.31 Å². The Morgan fingerprint density at radius 1 is 1.03 bits per heavy atom. The Labute approximate surface area is 183 Å². The standard InChI is InChI=1S/C23H26ClNO4S/c1-14-5-6-20(15(2)11-14)30(27,28)25-9-7-23(8-10-25)13-18(26)21-17(4)22(24)16(3)12-19(21)29-23/h5-6,11-12H,7-10,13H2,1-4H3. The van der Waals surface area contributed by atoms with Crippen molar-refractivity contribution in [2.24, 2.45) is 0 Å². The van der Waals surface area contributed by atoms with Crippen LogP contribution in [-0.2, 0) is 10.0 Å². The van der Waals surface area contributed by atoms with Crippen LogP contribution in [0.1, 0.15) is 51.9 Å². The first-order chi connectivity index (χ1) is 14.0. The van der Waals surface area contributed by atoms with Crippen LogP contribution in [0.5, 0.6) is 5.75 Å². The van der Waals surface area contributed by atoms with Crippen molar-refractivity contribution in [2.45, 2.75) is 57.5 Å². The number of carbonyl (C=O) groups excluding carboxylic acids is 1. The highest BCUT2D eigenvalue weighted by atomic mass is 35.5. The van der Waals surface area contributed by atoms with Gasteiger partial charge in [0.1, 0.15) is 11.4 Å². The van der Waals surface area contributed by atoms with E-state index < -0.39 is 15.6 Å². The molecule has 5 nitrogen and oxygen atoms in total. The number of piperidine rings is 1. The molecule has 4 rings (SSSR count). The number of halogens is 1. The average molecular weight is 448 g/mol. The summed E-state index contributed by atoms with van der Waals surface area (Å²) >= 11 is 6.33. The van der Waals surface area contributed by atoms with Gasteiger partial charge in [-0.15, -0.1) is 0 Å². The molecule has 1 saturated heterocycles. The number of nitrogens with zero attached hydrogens (tertiary/aromatic N) is 1. The van der Waals surface area contributed by atoms with Gasteiger partial charge in [-0.1, -0.05) is 29.3 Å². The molecule has 0 radical (unpaired) electrons. The summed E-state index contributed by atoms with van der Waals surface area (Å²) < 4.78 is 34.2. The van der Waals surface area contributed by atoms with E-state index in [9.17, 15) is 13.2 Å². The van der Waals surface area contributed by atoms with Crippen LogP contribution in [0.3, 0.4) is 0 Å². The molecule has 0 aliphatic carbocycles. The van der Waals surface area contributed by atoms with Gasteiger partial charge in [0.2, 0.25) is 10.0 Å². The van der Waals surface area contributed by atoms with E-state index in [1.54, 1.807) is 6.07 Å². The molecule has 160 valence electrons. The van der Waals surface area contributed by atoms with Crippen molar-refractivity contribution in [2.75, 3.05) is 13.1 Å². The topological polar surface area (TPSA) is 63.7 Å². The summed E-state index contributed by atoms with van der Waals surface area (Å²) in [7, 11) is -3.58. The fraction of sp³-hybridized carbons (Fsp3) is 0.435. The number of hydrogen-bond acceptors (Lipinski definition) is 4. The van der Waals surface area contributed by atoms with E-state index in [1.807, 2.05) is 45.9 Å². The van der Waals surface area contributed by atoms with Crippen molar-refractivity contribution in [3.8, 4) is 5.75 Å². The number of rotatable bonds is 2. The van der Waals surface area contributed by atoms with Crippen LogP contribution in [0.15, 0.2) is 29.2 Å². The SMILES string of the molecule is Cc1ccc(S(=O)(=O)N2CCC3(CC2)CC(=O)c2c(cc(C)c(Cl)c2C)O3)c(C)c1. The van der Waals surface area contributed by atoms with Crippen molar-refractivity contribution < 1.29 is 17.9 Å². The largest absolute Gasteiger partial charge is 0.486 e. The molecule has 0 aromatic heterocycles. The second-order valence-electron chi connectivity index (χ2n) is 8.56. The molecular weight excluding hydrogens is 422 g/mol. The molecular formula is C23H26ClNO4S. The van der Waals surface area contributed by atoms with Gasteiger partial charge in [-0.25, -0.2) is 8.42 Å². The third-order valence-electron chi connectivity index (χ3n) is 6.31. The van der Waals surface area contributed by atoms with Gasteiger partial charge in [0.25, 0.3) is 0 Å². The highest BCUT2D eigenvalue weighted by Gasteiger charge is 2.45. The number of sulfonamides is 1. The van der Waals surface area contributed by atoms with Gasteiger partial charge >= 0.3 is 0 Å².